The van der Waals surface area contributed by atoms with Crippen LogP contribution in [-0.4, -0.2) is 10.9 Å². The Labute approximate surface area is 101 Å². The summed E-state index contributed by atoms with van der Waals surface area (Å²) in [4.78, 5) is 18.3. The molecule has 0 unspecified atom stereocenters. The number of aromatic nitrogens is 1. The van der Waals surface area contributed by atoms with Crippen LogP contribution in [0.4, 0.5) is 5.13 Å². The van der Waals surface area contributed by atoms with Gasteiger partial charge in [0.1, 0.15) is 0 Å². The molecule has 0 radical (unpaired) electrons. The molecule has 16 heavy (non-hydrogen) atoms. The molecule has 3 nitrogen and oxygen atoms in total. The monoisotopic (exact) mass is 250 g/mol. The number of rotatable bonds is 2. The van der Waals surface area contributed by atoms with Crippen LogP contribution in [0.5, 0.6) is 0 Å². The summed E-state index contributed by atoms with van der Waals surface area (Å²) in [5.41, 5.74) is 1.17. The molecule has 0 saturated carbocycles. The molecule has 1 N–H and O–H groups in total. The molecule has 1 aliphatic rings. The van der Waals surface area contributed by atoms with Crippen LogP contribution in [0, 0.1) is 0 Å². The van der Waals surface area contributed by atoms with Gasteiger partial charge in [0, 0.05) is 4.88 Å². The van der Waals surface area contributed by atoms with Crippen LogP contribution in [0.1, 0.15) is 26.7 Å². The van der Waals surface area contributed by atoms with E-state index >= 15 is 0 Å². The van der Waals surface area contributed by atoms with Gasteiger partial charge in [0.05, 0.1) is 10.6 Å². The van der Waals surface area contributed by atoms with Crippen molar-refractivity contribution >= 4 is 33.7 Å². The van der Waals surface area contributed by atoms with E-state index in [-0.39, 0.29) is 5.91 Å². The third-order valence-electron chi connectivity index (χ3n) is 2.56. The first-order valence-electron chi connectivity index (χ1n) is 5.16. The summed E-state index contributed by atoms with van der Waals surface area (Å²) < 4.78 is 0. The summed E-state index contributed by atoms with van der Waals surface area (Å²) in [5, 5.41) is 5.49. The van der Waals surface area contributed by atoms with Crippen molar-refractivity contribution in [3.63, 3.8) is 0 Å². The van der Waals surface area contributed by atoms with Gasteiger partial charge in [0.15, 0.2) is 5.13 Å². The average Bonchev–Trinajstić information content (AvgIpc) is 2.91. The molecule has 0 bridgehead atoms. The number of carbonyl (C=O) groups excluding carboxylic acids is 1. The maximum absolute atomic E-state index is 11.8. The second kappa shape index (κ2) is 3.99. The van der Waals surface area contributed by atoms with E-state index in [9.17, 15) is 4.79 Å². The Hall–Kier alpha value is -1.20. The van der Waals surface area contributed by atoms with E-state index in [1.54, 1.807) is 11.3 Å². The number of carbonyl (C=O) groups is 1. The van der Waals surface area contributed by atoms with Crippen LogP contribution in [0.2, 0.25) is 0 Å². The molecule has 0 spiro atoms. The van der Waals surface area contributed by atoms with Crippen molar-refractivity contribution in [1.82, 2.24) is 4.98 Å². The van der Waals surface area contributed by atoms with Crippen molar-refractivity contribution in [3.8, 4) is 0 Å². The standard InChI is InChI=1S/C11H10N2OS2/c14-10(9-5-2-6-15-9)13-11-12-7-3-1-4-8(7)16-11/h2,5-6H,1,3-4H2,(H,12,13,14). The highest BCUT2D eigenvalue weighted by Gasteiger charge is 2.18. The van der Waals surface area contributed by atoms with Crippen LogP contribution < -0.4 is 5.32 Å². The summed E-state index contributed by atoms with van der Waals surface area (Å²) in [5.74, 6) is -0.0533. The number of nitrogens with zero attached hydrogens (tertiary/aromatic N) is 1. The Morgan fingerprint density at radius 1 is 1.44 bits per heavy atom. The van der Waals surface area contributed by atoms with E-state index in [1.165, 1.54) is 28.3 Å². The van der Waals surface area contributed by atoms with Crippen molar-refractivity contribution in [1.29, 1.82) is 0 Å². The summed E-state index contributed by atoms with van der Waals surface area (Å²) in [6.07, 6.45) is 3.37. The van der Waals surface area contributed by atoms with Gasteiger partial charge in [-0.1, -0.05) is 6.07 Å². The SMILES string of the molecule is O=C(Nc1nc2c(s1)CCC2)c1cccs1. The average molecular weight is 250 g/mol. The number of hydrogen-bond acceptors (Lipinski definition) is 4. The molecule has 3 rings (SSSR count). The van der Waals surface area contributed by atoms with Crippen molar-refractivity contribution in [2.75, 3.05) is 5.32 Å². The highest BCUT2D eigenvalue weighted by atomic mass is 32.1. The van der Waals surface area contributed by atoms with Crippen molar-refractivity contribution in [2.24, 2.45) is 0 Å². The number of aryl methyl sites for hydroxylation is 2. The number of nitrogens with one attached hydrogen (secondary N) is 1. The highest BCUT2D eigenvalue weighted by molar-refractivity contribution is 7.16. The predicted octanol–water partition coefficient (Wildman–Crippen LogP) is 2.95. The van der Waals surface area contributed by atoms with E-state index in [0.29, 0.717) is 0 Å². The number of thiazole rings is 1. The summed E-state index contributed by atoms with van der Waals surface area (Å²) in [6.45, 7) is 0. The molecular weight excluding hydrogens is 240 g/mol. The minimum atomic E-state index is -0.0533. The van der Waals surface area contributed by atoms with Crippen LogP contribution >= 0.6 is 22.7 Å². The Kier molecular flexibility index (Phi) is 2.49. The van der Waals surface area contributed by atoms with Crippen LogP contribution in [-0.2, 0) is 12.8 Å². The topological polar surface area (TPSA) is 42.0 Å². The first-order chi connectivity index (χ1) is 7.83. The fourth-order valence-corrected chi connectivity index (χ4v) is 3.47. The van der Waals surface area contributed by atoms with Gasteiger partial charge in [-0.3, -0.25) is 10.1 Å². The Morgan fingerprint density at radius 2 is 2.38 bits per heavy atom. The van der Waals surface area contributed by atoms with Crippen molar-refractivity contribution in [2.45, 2.75) is 19.3 Å². The fourth-order valence-electron chi connectivity index (χ4n) is 1.81. The summed E-state index contributed by atoms with van der Waals surface area (Å²) in [6, 6.07) is 3.70. The first-order valence-corrected chi connectivity index (χ1v) is 6.86. The summed E-state index contributed by atoms with van der Waals surface area (Å²) >= 11 is 3.05. The minimum absolute atomic E-state index is 0.0533. The van der Waals surface area contributed by atoms with Crippen LogP contribution in [0.3, 0.4) is 0 Å². The number of fused-ring (bicyclic) bond motifs is 1. The largest absolute Gasteiger partial charge is 0.297 e. The Bertz CT molecular complexity index is 495. The third kappa shape index (κ3) is 1.76. The van der Waals surface area contributed by atoms with Gasteiger partial charge in [0.25, 0.3) is 5.91 Å². The van der Waals surface area contributed by atoms with Gasteiger partial charge in [-0.2, -0.15) is 0 Å². The molecule has 0 aromatic carbocycles. The number of thiophene rings is 1. The zero-order valence-electron chi connectivity index (χ0n) is 8.53. The third-order valence-corrected chi connectivity index (χ3v) is 4.50. The number of amides is 1. The second-order valence-electron chi connectivity index (χ2n) is 3.67. The molecular formula is C11H10N2OS2. The minimum Gasteiger partial charge on any atom is -0.297 e. The number of anilines is 1. The summed E-state index contributed by atoms with van der Waals surface area (Å²) in [7, 11) is 0. The lowest BCUT2D eigenvalue weighted by Gasteiger charge is -1.97. The van der Waals surface area contributed by atoms with Gasteiger partial charge in [0.2, 0.25) is 0 Å². The maximum Gasteiger partial charge on any atom is 0.267 e. The van der Waals surface area contributed by atoms with Gasteiger partial charge in [-0.25, -0.2) is 4.98 Å². The van der Waals surface area contributed by atoms with Crippen molar-refractivity contribution in [3.05, 3.63) is 33.0 Å². The molecule has 2 aromatic heterocycles. The van der Waals surface area contributed by atoms with Gasteiger partial charge in [-0.15, -0.1) is 22.7 Å². The lowest BCUT2D eigenvalue weighted by atomic mass is 10.4. The van der Waals surface area contributed by atoms with E-state index in [2.05, 4.69) is 10.3 Å². The van der Waals surface area contributed by atoms with E-state index in [4.69, 9.17) is 0 Å². The van der Waals surface area contributed by atoms with Crippen molar-refractivity contribution < 1.29 is 4.79 Å². The van der Waals surface area contributed by atoms with Crippen LogP contribution in [0.25, 0.3) is 0 Å². The molecule has 5 heteroatoms. The molecule has 0 fully saturated rings. The smallest absolute Gasteiger partial charge is 0.267 e. The highest BCUT2D eigenvalue weighted by Crippen LogP contribution is 2.30. The van der Waals surface area contributed by atoms with Gasteiger partial charge >= 0.3 is 0 Å². The molecule has 0 saturated heterocycles. The molecule has 82 valence electrons. The molecule has 1 aliphatic carbocycles. The van der Waals surface area contributed by atoms with Gasteiger partial charge in [-0.05, 0) is 30.7 Å². The Morgan fingerprint density at radius 3 is 3.12 bits per heavy atom. The van der Waals surface area contributed by atoms with Gasteiger partial charge < -0.3 is 0 Å². The van der Waals surface area contributed by atoms with E-state index in [0.717, 1.165) is 22.9 Å². The molecule has 2 heterocycles. The maximum atomic E-state index is 11.8. The lowest BCUT2D eigenvalue weighted by molar-refractivity contribution is 0.103. The number of hydrogen-bond donors (Lipinski definition) is 1. The molecule has 2 aromatic rings. The zero-order valence-corrected chi connectivity index (χ0v) is 10.2. The van der Waals surface area contributed by atoms with E-state index < -0.39 is 0 Å². The second-order valence-corrected chi connectivity index (χ2v) is 5.71. The van der Waals surface area contributed by atoms with E-state index in [1.807, 2.05) is 17.5 Å². The first kappa shape index (κ1) is 9.99. The quantitative estimate of drug-likeness (QED) is 0.890. The molecule has 1 amide bonds. The normalized spacial score (nSPS) is 13.8. The zero-order chi connectivity index (χ0) is 11.0. The lowest BCUT2D eigenvalue weighted by Crippen LogP contribution is -2.09. The predicted molar refractivity (Wildman–Crippen MR) is 66.4 cm³/mol. The Balaban J connectivity index is 1.77. The fraction of sp³-hybridized carbons (Fsp3) is 0.273. The molecule has 0 aliphatic heterocycles. The molecule has 0 atom stereocenters. The van der Waals surface area contributed by atoms with Crippen LogP contribution in [0.15, 0.2) is 17.5 Å².